The van der Waals surface area contributed by atoms with Gasteiger partial charge in [0.2, 0.25) is 0 Å². The van der Waals surface area contributed by atoms with E-state index in [9.17, 15) is 0 Å². The van der Waals surface area contributed by atoms with Crippen molar-refractivity contribution in [2.45, 2.75) is 39.2 Å². The number of hydrogen-bond acceptors (Lipinski definition) is 3. The van der Waals surface area contributed by atoms with E-state index in [4.69, 9.17) is 10.5 Å². The lowest BCUT2D eigenvalue weighted by atomic mass is 10.0. The number of benzene rings is 1. The van der Waals surface area contributed by atoms with Crippen LogP contribution >= 0.6 is 0 Å². The molecule has 2 rings (SSSR count). The molecule has 2 aromatic rings. The van der Waals surface area contributed by atoms with Gasteiger partial charge < -0.3 is 10.5 Å². The van der Waals surface area contributed by atoms with Crippen LogP contribution in [0.5, 0.6) is 5.75 Å². The minimum Gasteiger partial charge on any atom is -0.493 e. The lowest BCUT2D eigenvalue weighted by molar-refractivity contribution is 0.317. The van der Waals surface area contributed by atoms with Gasteiger partial charge in [-0.3, -0.25) is 4.68 Å². The normalized spacial score (nSPS) is 12.4. The molecule has 114 valence electrons. The standard InChI is InChI=1S/C17H25N3O/c1-4-16(18)10-15-9-13(2)5-6-17(15)21-8-7-14-11-19-20(3)12-14/h5-6,9,11-12,16H,4,7-8,10,18H2,1-3H3. The summed E-state index contributed by atoms with van der Waals surface area (Å²) in [4.78, 5) is 0. The molecule has 2 N–H and O–H groups in total. The van der Waals surface area contributed by atoms with Crippen molar-refractivity contribution in [3.63, 3.8) is 0 Å². The van der Waals surface area contributed by atoms with Gasteiger partial charge in [0.25, 0.3) is 0 Å². The summed E-state index contributed by atoms with van der Waals surface area (Å²) in [6, 6.07) is 6.50. The first-order valence-electron chi connectivity index (χ1n) is 7.54. The Balaban J connectivity index is 1.98. The first-order chi connectivity index (χ1) is 10.1. The Morgan fingerprint density at radius 2 is 2.19 bits per heavy atom. The van der Waals surface area contributed by atoms with Crippen molar-refractivity contribution in [3.05, 3.63) is 47.3 Å². The molecular formula is C17H25N3O. The Bertz CT molecular complexity index is 577. The summed E-state index contributed by atoms with van der Waals surface area (Å²) in [5.41, 5.74) is 9.72. The van der Waals surface area contributed by atoms with E-state index in [0.717, 1.165) is 25.0 Å². The fraction of sp³-hybridized carbons (Fsp3) is 0.471. The summed E-state index contributed by atoms with van der Waals surface area (Å²) in [5.74, 6) is 0.952. The van der Waals surface area contributed by atoms with Gasteiger partial charge in [-0.05, 0) is 37.0 Å². The van der Waals surface area contributed by atoms with Crippen molar-refractivity contribution in [2.75, 3.05) is 6.61 Å². The average molecular weight is 287 g/mol. The van der Waals surface area contributed by atoms with Gasteiger partial charge in [-0.1, -0.05) is 24.6 Å². The molecule has 0 spiro atoms. The maximum absolute atomic E-state index is 6.08. The van der Waals surface area contributed by atoms with Gasteiger partial charge in [-0.15, -0.1) is 0 Å². The third-order valence-corrected chi connectivity index (χ3v) is 3.63. The molecule has 1 atom stereocenters. The summed E-state index contributed by atoms with van der Waals surface area (Å²) in [7, 11) is 1.93. The summed E-state index contributed by atoms with van der Waals surface area (Å²) >= 11 is 0. The zero-order valence-electron chi connectivity index (χ0n) is 13.2. The molecule has 1 aromatic heterocycles. The van der Waals surface area contributed by atoms with Crippen LogP contribution in [0.3, 0.4) is 0 Å². The minimum absolute atomic E-state index is 0.187. The van der Waals surface area contributed by atoms with Crippen LogP contribution in [0.15, 0.2) is 30.6 Å². The van der Waals surface area contributed by atoms with Crippen LogP contribution in [0, 0.1) is 6.92 Å². The van der Waals surface area contributed by atoms with E-state index in [0.29, 0.717) is 6.61 Å². The highest BCUT2D eigenvalue weighted by Gasteiger charge is 2.09. The van der Waals surface area contributed by atoms with Crippen LogP contribution in [0.2, 0.25) is 0 Å². The molecule has 0 aliphatic heterocycles. The van der Waals surface area contributed by atoms with Crippen molar-refractivity contribution in [3.8, 4) is 5.75 Å². The molecule has 4 heteroatoms. The Labute approximate surface area is 126 Å². The van der Waals surface area contributed by atoms with Crippen molar-refractivity contribution >= 4 is 0 Å². The summed E-state index contributed by atoms with van der Waals surface area (Å²) < 4.78 is 7.77. The van der Waals surface area contributed by atoms with Gasteiger partial charge in [0.05, 0.1) is 12.8 Å². The van der Waals surface area contributed by atoms with Gasteiger partial charge in [0.15, 0.2) is 0 Å². The molecule has 0 radical (unpaired) electrons. The molecule has 0 aliphatic rings. The largest absolute Gasteiger partial charge is 0.493 e. The highest BCUT2D eigenvalue weighted by atomic mass is 16.5. The molecule has 4 nitrogen and oxygen atoms in total. The van der Waals surface area contributed by atoms with E-state index >= 15 is 0 Å². The number of ether oxygens (including phenoxy) is 1. The summed E-state index contributed by atoms with van der Waals surface area (Å²) in [6.07, 6.45) is 6.60. The van der Waals surface area contributed by atoms with Crippen LogP contribution < -0.4 is 10.5 Å². The minimum atomic E-state index is 0.187. The zero-order chi connectivity index (χ0) is 15.2. The maximum atomic E-state index is 6.08. The second-order valence-corrected chi connectivity index (χ2v) is 5.60. The second-order valence-electron chi connectivity index (χ2n) is 5.60. The van der Waals surface area contributed by atoms with E-state index in [1.54, 1.807) is 0 Å². The number of aryl methyl sites for hydroxylation is 2. The summed E-state index contributed by atoms with van der Waals surface area (Å²) in [6.45, 7) is 4.87. The van der Waals surface area contributed by atoms with Crippen molar-refractivity contribution in [1.29, 1.82) is 0 Å². The summed E-state index contributed by atoms with van der Waals surface area (Å²) in [5, 5.41) is 4.17. The number of rotatable bonds is 7. The monoisotopic (exact) mass is 287 g/mol. The molecule has 0 amide bonds. The van der Waals surface area contributed by atoms with Crippen molar-refractivity contribution in [1.82, 2.24) is 9.78 Å². The van der Waals surface area contributed by atoms with Gasteiger partial charge in [-0.25, -0.2) is 0 Å². The lowest BCUT2D eigenvalue weighted by Gasteiger charge is -2.15. The van der Waals surface area contributed by atoms with Crippen LogP contribution in [-0.2, 0) is 19.9 Å². The average Bonchev–Trinajstić information content (AvgIpc) is 2.86. The zero-order valence-corrected chi connectivity index (χ0v) is 13.2. The topological polar surface area (TPSA) is 53.1 Å². The van der Waals surface area contributed by atoms with Crippen LogP contribution in [0.4, 0.5) is 0 Å². The Kier molecular flexibility index (Phi) is 5.39. The van der Waals surface area contributed by atoms with Crippen molar-refractivity contribution in [2.24, 2.45) is 12.8 Å². The number of hydrogen-bond donors (Lipinski definition) is 1. The SMILES string of the molecule is CCC(N)Cc1cc(C)ccc1OCCc1cnn(C)c1. The number of aromatic nitrogens is 2. The van der Waals surface area contributed by atoms with E-state index in [1.165, 1.54) is 16.7 Å². The molecule has 0 fully saturated rings. The molecule has 1 aromatic carbocycles. The predicted molar refractivity (Wildman–Crippen MR) is 85.6 cm³/mol. The van der Waals surface area contributed by atoms with Gasteiger partial charge in [-0.2, -0.15) is 5.10 Å². The highest BCUT2D eigenvalue weighted by molar-refractivity contribution is 5.37. The molecule has 0 saturated heterocycles. The van der Waals surface area contributed by atoms with Crippen LogP contribution in [0.25, 0.3) is 0 Å². The predicted octanol–water partition coefficient (Wildman–Crippen LogP) is 2.63. The number of nitrogens with two attached hydrogens (primary N) is 1. The second kappa shape index (κ2) is 7.27. The van der Waals surface area contributed by atoms with Crippen molar-refractivity contribution < 1.29 is 4.74 Å². The first-order valence-corrected chi connectivity index (χ1v) is 7.54. The lowest BCUT2D eigenvalue weighted by Crippen LogP contribution is -2.22. The van der Waals surface area contributed by atoms with Gasteiger partial charge in [0.1, 0.15) is 5.75 Å². The van der Waals surface area contributed by atoms with E-state index in [2.05, 4.69) is 37.1 Å². The molecule has 1 heterocycles. The molecule has 0 saturated carbocycles. The smallest absolute Gasteiger partial charge is 0.122 e. The molecule has 1 unspecified atom stereocenters. The van der Waals surface area contributed by atoms with Gasteiger partial charge >= 0.3 is 0 Å². The molecule has 21 heavy (non-hydrogen) atoms. The third-order valence-electron chi connectivity index (χ3n) is 3.63. The maximum Gasteiger partial charge on any atom is 0.122 e. The molecule has 0 bridgehead atoms. The van der Waals surface area contributed by atoms with E-state index in [1.807, 2.05) is 24.1 Å². The molecule has 0 aliphatic carbocycles. The fourth-order valence-electron chi connectivity index (χ4n) is 2.32. The van der Waals surface area contributed by atoms with Crippen LogP contribution in [-0.4, -0.2) is 22.4 Å². The Morgan fingerprint density at radius 1 is 1.38 bits per heavy atom. The van der Waals surface area contributed by atoms with Gasteiger partial charge in [0, 0.05) is 25.7 Å². The fourth-order valence-corrected chi connectivity index (χ4v) is 2.32. The van der Waals surface area contributed by atoms with E-state index in [-0.39, 0.29) is 6.04 Å². The Hall–Kier alpha value is -1.81. The van der Waals surface area contributed by atoms with Crippen LogP contribution in [0.1, 0.15) is 30.0 Å². The van der Waals surface area contributed by atoms with E-state index < -0.39 is 0 Å². The highest BCUT2D eigenvalue weighted by Crippen LogP contribution is 2.22. The molecular weight excluding hydrogens is 262 g/mol. The number of nitrogens with zero attached hydrogens (tertiary/aromatic N) is 2. The Morgan fingerprint density at radius 3 is 2.86 bits per heavy atom. The quantitative estimate of drug-likeness (QED) is 0.851. The third kappa shape index (κ3) is 4.60. The first kappa shape index (κ1) is 15.6.